The highest BCUT2D eigenvalue weighted by molar-refractivity contribution is 6.31. The molecule has 0 aliphatic carbocycles. The van der Waals surface area contributed by atoms with E-state index >= 15 is 0 Å². The van der Waals surface area contributed by atoms with Gasteiger partial charge in [0.1, 0.15) is 6.04 Å². The zero-order valence-electron chi connectivity index (χ0n) is 28.4. The molecular formula is C36H55ClN6O3. The molecule has 1 aliphatic rings. The topological polar surface area (TPSA) is 79.4 Å². The molecule has 1 heterocycles. The maximum atomic E-state index is 14.5. The van der Waals surface area contributed by atoms with Gasteiger partial charge >= 0.3 is 12.1 Å². The summed E-state index contributed by atoms with van der Waals surface area (Å²) in [7, 11) is 0. The third kappa shape index (κ3) is 10.9. The van der Waals surface area contributed by atoms with Gasteiger partial charge < -0.3 is 24.9 Å². The van der Waals surface area contributed by atoms with Gasteiger partial charge in [0, 0.05) is 37.7 Å². The molecule has 0 saturated carbocycles. The number of urea groups is 2. The number of anilines is 2. The summed E-state index contributed by atoms with van der Waals surface area (Å²) in [5.74, 6) is -0.243. The van der Waals surface area contributed by atoms with E-state index in [0.717, 1.165) is 64.6 Å². The van der Waals surface area contributed by atoms with Gasteiger partial charge in [0.15, 0.2) is 0 Å². The Hall–Kier alpha value is -3.30. The van der Waals surface area contributed by atoms with E-state index in [2.05, 4.69) is 37.9 Å². The Kier molecular flexibility index (Phi) is 16.2. The second-order valence-corrected chi connectivity index (χ2v) is 12.4. The third-order valence-electron chi connectivity index (χ3n) is 8.65. The number of halogens is 1. The van der Waals surface area contributed by atoms with Crippen LogP contribution in [-0.4, -0.2) is 103 Å². The first kappa shape index (κ1) is 37.2. The van der Waals surface area contributed by atoms with Crippen LogP contribution >= 0.6 is 11.6 Å². The fraction of sp³-hybridized carbons (Fsp3) is 0.583. The van der Waals surface area contributed by atoms with E-state index in [-0.39, 0.29) is 31.1 Å². The molecular weight excluding hydrogens is 600 g/mol. The van der Waals surface area contributed by atoms with Crippen LogP contribution < -0.4 is 10.2 Å². The molecule has 0 spiro atoms. The Balaban J connectivity index is 1.88. The van der Waals surface area contributed by atoms with Crippen LogP contribution in [-0.2, 0) is 4.79 Å². The molecule has 2 aromatic carbocycles. The van der Waals surface area contributed by atoms with Crippen LogP contribution in [0.3, 0.4) is 0 Å². The van der Waals surface area contributed by atoms with Gasteiger partial charge in [0.2, 0.25) is 5.91 Å². The van der Waals surface area contributed by atoms with Gasteiger partial charge in [0.05, 0.1) is 17.9 Å². The molecule has 5 amide bonds. The lowest BCUT2D eigenvalue weighted by atomic mass is 10.1. The van der Waals surface area contributed by atoms with E-state index in [0.29, 0.717) is 42.6 Å². The number of nitrogens with zero attached hydrogens (tertiary/aromatic N) is 5. The molecule has 9 nitrogen and oxygen atoms in total. The molecule has 3 rings (SSSR count). The molecule has 1 fully saturated rings. The fourth-order valence-electron chi connectivity index (χ4n) is 5.88. The molecule has 1 atom stereocenters. The molecule has 10 heteroatoms. The average molecular weight is 655 g/mol. The summed E-state index contributed by atoms with van der Waals surface area (Å²) >= 11 is 6.37. The Bertz CT molecular complexity index is 1200. The van der Waals surface area contributed by atoms with Crippen LogP contribution in [0.5, 0.6) is 0 Å². The minimum absolute atomic E-state index is 0.0478. The number of piperazine rings is 1. The zero-order valence-corrected chi connectivity index (χ0v) is 29.2. The van der Waals surface area contributed by atoms with Crippen LogP contribution in [0.4, 0.5) is 21.0 Å². The Morgan fingerprint density at radius 2 is 1.43 bits per heavy atom. The van der Waals surface area contributed by atoms with E-state index in [1.807, 2.05) is 47.4 Å². The lowest BCUT2D eigenvalue weighted by Crippen LogP contribution is -2.64. The van der Waals surface area contributed by atoms with Crippen molar-refractivity contribution in [2.24, 2.45) is 0 Å². The smallest absolute Gasteiger partial charge is 0.329 e. The second-order valence-electron chi connectivity index (χ2n) is 11.9. The Labute approximate surface area is 281 Å². The van der Waals surface area contributed by atoms with Gasteiger partial charge in [-0.05, 0) is 69.2 Å². The van der Waals surface area contributed by atoms with Crippen molar-refractivity contribution in [3.8, 4) is 0 Å². The zero-order chi connectivity index (χ0) is 33.3. The monoisotopic (exact) mass is 654 g/mol. The summed E-state index contributed by atoms with van der Waals surface area (Å²) in [5.41, 5.74) is 1.28. The van der Waals surface area contributed by atoms with Crippen molar-refractivity contribution in [2.45, 2.75) is 78.7 Å². The quantitative estimate of drug-likeness (QED) is 0.183. The number of amides is 5. The van der Waals surface area contributed by atoms with Crippen molar-refractivity contribution in [3.63, 3.8) is 0 Å². The van der Waals surface area contributed by atoms with Crippen molar-refractivity contribution in [1.29, 1.82) is 0 Å². The van der Waals surface area contributed by atoms with Crippen LogP contribution in [0.15, 0.2) is 54.6 Å². The van der Waals surface area contributed by atoms with Crippen LogP contribution in [0.1, 0.15) is 72.6 Å². The van der Waals surface area contributed by atoms with Crippen LogP contribution in [0, 0.1) is 0 Å². The van der Waals surface area contributed by atoms with Gasteiger partial charge in [-0.2, -0.15) is 0 Å². The van der Waals surface area contributed by atoms with Crippen molar-refractivity contribution >= 4 is 40.9 Å². The van der Waals surface area contributed by atoms with E-state index in [1.165, 1.54) is 0 Å². The SMILES string of the molecule is CCCCCN(CCCCC)C(=O)N1CCN(C(=O)N(c2ccccc2)c2cccc(Cl)c2)[C@H](C(=O)NCCCN(CC)CC)C1. The van der Waals surface area contributed by atoms with Gasteiger partial charge in [-0.1, -0.05) is 89.2 Å². The molecule has 2 aromatic rings. The number of carbonyl (C=O) groups is 3. The standard InChI is InChI=1S/C36H55ClN6O3/c1-5-9-14-24-40(25-15-10-6-2)35(45)41-26-27-42(33(29-41)34(44)38-22-17-23-39(7-3)8-4)36(46)43(31-19-12-11-13-20-31)32-21-16-18-30(37)28-32/h11-13,16,18-21,28,33H,5-10,14-15,17,22-27,29H2,1-4H3,(H,38,44)/t33-/m0/s1. The van der Waals surface area contributed by atoms with Gasteiger partial charge in [-0.25, -0.2) is 9.59 Å². The van der Waals surface area contributed by atoms with Gasteiger partial charge in [-0.3, -0.25) is 9.69 Å². The first-order chi connectivity index (χ1) is 22.3. The van der Waals surface area contributed by atoms with E-state index < -0.39 is 6.04 Å². The van der Waals surface area contributed by atoms with Crippen molar-refractivity contribution in [3.05, 3.63) is 59.6 Å². The number of hydrogen-bond acceptors (Lipinski definition) is 4. The minimum atomic E-state index is -0.836. The van der Waals surface area contributed by atoms with Gasteiger partial charge in [-0.15, -0.1) is 0 Å². The lowest BCUT2D eigenvalue weighted by Gasteiger charge is -2.43. The van der Waals surface area contributed by atoms with E-state index in [9.17, 15) is 14.4 Å². The molecule has 1 aliphatic heterocycles. The van der Waals surface area contributed by atoms with Crippen LogP contribution in [0.25, 0.3) is 0 Å². The molecule has 1 N–H and O–H groups in total. The van der Waals surface area contributed by atoms with Crippen molar-refractivity contribution < 1.29 is 14.4 Å². The number of nitrogens with one attached hydrogen (secondary N) is 1. The number of carbonyl (C=O) groups excluding carboxylic acids is 3. The second kappa shape index (κ2) is 20.0. The molecule has 0 aromatic heterocycles. The highest BCUT2D eigenvalue weighted by Gasteiger charge is 2.40. The summed E-state index contributed by atoms with van der Waals surface area (Å²) in [5, 5.41) is 3.60. The van der Waals surface area contributed by atoms with Crippen LogP contribution in [0.2, 0.25) is 5.02 Å². The number of para-hydroxylation sites is 1. The maximum absolute atomic E-state index is 14.5. The maximum Gasteiger partial charge on any atom is 0.329 e. The molecule has 0 bridgehead atoms. The fourth-order valence-corrected chi connectivity index (χ4v) is 6.07. The Morgan fingerprint density at radius 1 is 0.783 bits per heavy atom. The van der Waals surface area contributed by atoms with E-state index in [4.69, 9.17) is 11.6 Å². The first-order valence-electron chi connectivity index (χ1n) is 17.3. The molecule has 0 unspecified atom stereocenters. The number of unbranched alkanes of at least 4 members (excludes halogenated alkanes) is 4. The average Bonchev–Trinajstić information content (AvgIpc) is 3.07. The summed E-state index contributed by atoms with van der Waals surface area (Å²) in [6, 6.07) is 15.3. The van der Waals surface area contributed by atoms with E-state index in [1.54, 1.807) is 26.8 Å². The number of rotatable bonds is 17. The lowest BCUT2D eigenvalue weighted by molar-refractivity contribution is -0.127. The Morgan fingerprint density at radius 3 is 2.04 bits per heavy atom. The summed E-state index contributed by atoms with van der Waals surface area (Å²) in [6.45, 7) is 14.0. The number of hydrogen-bond donors (Lipinski definition) is 1. The summed E-state index contributed by atoms with van der Waals surface area (Å²) < 4.78 is 0. The minimum Gasteiger partial charge on any atom is -0.354 e. The summed E-state index contributed by atoms with van der Waals surface area (Å²) in [6.07, 6.45) is 7.01. The normalized spacial score (nSPS) is 14.8. The summed E-state index contributed by atoms with van der Waals surface area (Å²) in [4.78, 5) is 51.6. The molecule has 46 heavy (non-hydrogen) atoms. The van der Waals surface area contributed by atoms with Crippen molar-refractivity contribution in [2.75, 3.05) is 63.8 Å². The van der Waals surface area contributed by atoms with Crippen molar-refractivity contribution in [1.82, 2.24) is 24.9 Å². The largest absolute Gasteiger partial charge is 0.354 e. The molecule has 254 valence electrons. The highest BCUT2D eigenvalue weighted by atomic mass is 35.5. The molecule has 1 saturated heterocycles. The van der Waals surface area contributed by atoms with Gasteiger partial charge in [0.25, 0.3) is 0 Å². The number of benzene rings is 2. The molecule has 0 radical (unpaired) electrons. The highest BCUT2D eigenvalue weighted by Crippen LogP contribution is 2.30. The predicted molar refractivity (Wildman–Crippen MR) is 189 cm³/mol. The predicted octanol–water partition coefficient (Wildman–Crippen LogP) is 7.23. The first-order valence-corrected chi connectivity index (χ1v) is 17.7. The third-order valence-corrected chi connectivity index (χ3v) is 8.88.